The van der Waals surface area contributed by atoms with E-state index in [1.807, 2.05) is 24.3 Å². The first-order valence-electron chi connectivity index (χ1n) is 14.3. The number of hydrogen-bond donors (Lipinski definition) is 0. The van der Waals surface area contributed by atoms with E-state index in [1.54, 1.807) is 28.4 Å². The summed E-state index contributed by atoms with van der Waals surface area (Å²) in [6, 6.07) is 31.8. The highest BCUT2D eigenvalue weighted by atomic mass is 16.5. The summed E-state index contributed by atoms with van der Waals surface area (Å²) in [7, 11) is 6.84. The van der Waals surface area contributed by atoms with Gasteiger partial charge in [-0.3, -0.25) is 0 Å². The molecule has 1 aliphatic rings. The van der Waals surface area contributed by atoms with Gasteiger partial charge in [0.05, 0.1) is 28.4 Å². The van der Waals surface area contributed by atoms with Crippen LogP contribution in [0.1, 0.15) is 61.4 Å². The molecule has 216 valence electrons. The number of ether oxygens (including phenoxy) is 4. The van der Waals surface area contributed by atoms with Gasteiger partial charge < -0.3 is 18.9 Å². The van der Waals surface area contributed by atoms with E-state index < -0.39 is 0 Å². The Kier molecular flexibility index (Phi) is 8.17. The third-order valence-electron chi connectivity index (χ3n) is 8.43. The lowest BCUT2D eigenvalue weighted by molar-refractivity contribution is 0.414. The van der Waals surface area contributed by atoms with Crippen molar-refractivity contribution in [1.82, 2.24) is 0 Å². The highest BCUT2D eigenvalue weighted by Gasteiger charge is 2.40. The average Bonchev–Trinajstić information content (AvgIpc) is 3.34. The predicted octanol–water partition coefficient (Wildman–Crippen LogP) is 8.98. The zero-order valence-electron chi connectivity index (χ0n) is 25.9. The molecule has 0 fully saturated rings. The summed E-state index contributed by atoms with van der Waals surface area (Å²) >= 11 is 0. The molecule has 5 rings (SSSR count). The summed E-state index contributed by atoms with van der Waals surface area (Å²) < 4.78 is 22.3. The van der Waals surface area contributed by atoms with E-state index in [-0.39, 0.29) is 11.3 Å². The zero-order valence-corrected chi connectivity index (χ0v) is 25.9. The molecule has 0 saturated carbocycles. The van der Waals surface area contributed by atoms with Crippen molar-refractivity contribution in [3.63, 3.8) is 0 Å². The summed E-state index contributed by atoms with van der Waals surface area (Å²) in [6.07, 6.45) is 0. The molecule has 0 unspecified atom stereocenters. The van der Waals surface area contributed by atoms with Crippen molar-refractivity contribution in [3.05, 3.63) is 136 Å². The first kappa shape index (κ1) is 29.1. The van der Waals surface area contributed by atoms with E-state index in [4.69, 9.17) is 18.9 Å². The molecule has 0 heterocycles. The van der Waals surface area contributed by atoms with E-state index in [0.29, 0.717) is 0 Å². The number of fused-ring (bicyclic) bond motifs is 1. The Balaban J connectivity index is 1.85. The molecule has 4 aromatic rings. The van der Waals surface area contributed by atoms with Crippen molar-refractivity contribution >= 4 is 5.57 Å². The molecular formula is C38H40O4. The second kappa shape index (κ2) is 11.8. The highest BCUT2D eigenvalue weighted by Crippen LogP contribution is 2.56. The maximum atomic E-state index is 5.75. The molecule has 1 aliphatic carbocycles. The number of rotatable bonds is 9. The molecule has 42 heavy (non-hydrogen) atoms. The molecule has 0 saturated heterocycles. The van der Waals surface area contributed by atoms with Gasteiger partial charge in [0.1, 0.15) is 23.0 Å². The van der Waals surface area contributed by atoms with Crippen molar-refractivity contribution < 1.29 is 18.9 Å². The lowest BCUT2D eigenvalue weighted by Crippen LogP contribution is -2.25. The monoisotopic (exact) mass is 560 g/mol. The molecule has 4 heteroatoms. The molecule has 0 radical (unpaired) electrons. The minimum Gasteiger partial charge on any atom is -0.497 e. The van der Waals surface area contributed by atoms with E-state index in [1.165, 1.54) is 44.5 Å². The SMILES string of the molecule is COc1ccc(C2=C(C(=C(C)C)C(C)(C)c3ccc(OC)cc3)[C@@H](c3ccc(OC)cc3)c3cc(OC)ccc32)cc1. The van der Waals surface area contributed by atoms with E-state index in [2.05, 4.69) is 94.4 Å². The van der Waals surface area contributed by atoms with Crippen molar-refractivity contribution in [2.24, 2.45) is 0 Å². The maximum absolute atomic E-state index is 5.75. The van der Waals surface area contributed by atoms with Gasteiger partial charge in [0.25, 0.3) is 0 Å². The molecule has 4 aromatic carbocycles. The van der Waals surface area contributed by atoms with Crippen LogP contribution in [-0.4, -0.2) is 28.4 Å². The largest absolute Gasteiger partial charge is 0.497 e. The fourth-order valence-corrected chi connectivity index (χ4v) is 6.44. The molecular weight excluding hydrogens is 520 g/mol. The molecule has 4 nitrogen and oxygen atoms in total. The van der Waals surface area contributed by atoms with Gasteiger partial charge in [0, 0.05) is 11.3 Å². The minimum atomic E-state index is -0.311. The Hall–Kier alpha value is -4.44. The van der Waals surface area contributed by atoms with Gasteiger partial charge in [-0.05, 0) is 107 Å². The molecule has 0 aliphatic heterocycles. The van der Waals surface area contributed by atoms with Crippen LogP contribution >= 0.6 is 0 Å². The molecule has 0 bridgehead atoms. The van der Waals surface area contributed by atoms with Crippen LogP contribution in [0.15, 0.2) is 108 Å². The molecule has 0 amide bonds. The van der Waals surface area contributed by atoms with Crippen LogP contribution in [0, 0.1) is 0 Å². The standard InChI is InChI=1S/C38H40O4/c1-24(2)37(38(3,4)27-13-19-30(41-7)20-14-27)36-34(25-9-15-28(39-5)16-10-25)32-22-21-31(42-8)23-33(32)35(36)26-11-17-29(40-6)18-12-26/h9-23,35H,1-8H3/t35-/m0/s1. The normalized spacial score (nSPS) is 14.3. The summed E-state index contributed by atoms with van der Waals surface area (Å²) in [5.41, 5.74) is 10.8. The number of benzene rings is 4. The molecule has 0 N–H and O–H groups in total. The number of allylic oxidation sites excluding steroid dienone is 3. The van der Waals surface area contributed by atoms with Crippen molar-refractivity contribution in [1.29, 1.82) is 0 Å². The van der Waals surface area contributed by atoms with Gasteiger partial charge >= 0.3 is 0 Å². The average molecular weight is 561 g/mol. The fourth-order valence-electron chi connectivity index (χ4n) is 6.44. The van der Waals surface area contributed by atoms with E-state index >= 15 is 0 Å². The Labute approximate surface area is 250 Å². The van der Waals surface area contributed by atoms with Gasteiger partial charge in [-0.2, -0.15) is 0 Å². The van der Waals surface area contributed by atoms with E-state index in [0.717, 1.165) is 28.6 Å². The summed E-state index contributed by atoms with van der Waals surface area (Å²) in [5.74, 6) is 3.35. The first-order chi connectivity index (χ1) is 20.2. The Morgan fingerprint density at radius 1 is 0.595 bits per heavy atom. The van der Waals surface area contributed by atoms with Gasteiger partial charge in [-0.15, -0.1) is 0 Å². The Morgan fingerprint density at radius 3 is 1.57 bits per heavy atom. The highest BCUT2D eigenvalue weighted by molar-refractivity contribution is 5.93. The van der Waals surface area contributed by atoms with Crippen LogP contribution in [0.5, 0.6) is 23.0 Å². The van der Waals surface area contributed by atoms with Crippen molar-refractivity contribution in [3.8, 4) is 23.0 Å². The lowest BCUT2D eigenvalue weighted by Gasteiger charge is -2.35. The fraction of sp³-hybridized carbons (Fsp3) is 0.263. The lowest BCUT2D eigenvalue weighted by atomic mass is 9.68. The first-order valence-corrected chi connectivity index (χ1v) is 14.3. The van der Waals surface area contributed by atoms with Gasteiger partial charge in [0.15, 0.2) is 0 Å². The summed E-state index contributed by atoms with van der Waals surface area (Å²) in [4.78, 5) is 0. The van der Waals surface area contributed by atoms with Crippen LogP contribution in [-0.2, 0) is 5.41 Å². The number of methoxy groups -OCH3 is 4. The third-order valence-corrected chi connectivity index (χ3v) is 8.43. The smallest absolute Gasteiger partial charge is 0.119 e. The van der Waals surface area contributed by atoms with Crippen LogP contribution in [0.2, 0.25) is 0 Å². The quantitative estimate of drug-likeness (QED) is 0.205. The second-order valence-corrected chi connectivity index (χ2v) is 11.4. The van der Waals surface area contributed by atoms with Gasteiger partial charge in [-0.25, -0.2) is 0 Å². The Bertz CT molecular complexity index is 1620. The molecule has 0 aromatic heterocycles. The van der Waals surface area contributed by atoms with Crippen molar-refractivity contribution in [2.75, 3.05) is 28.4 Å². The number of hydrogen-bond acceptors (Lipinski definition) is 4. The molecule has 1 atom stereocenters. The van der Waals surface area contributed by atoms with Gasteiger partial charge in [0.2, 0.25) is 0 Å². The van der Waals surface area contributed by atoms with Crippen LogP contribution in [0.4, 0.5) is 0 Å². The topological polar surface area (TPSA) is 36.9 Å². The van der Waals surface area contributed by atoms with Crippen LogP contribution in [0.3, 0.4) is 0 Å². The minimum absolute atomic E-state index is 0.0134. The predicted molar refractivity (Wildman–Crippen MR) is 171 cm³/mol. The van der Waals surface area contributed by atoms with Crippen LogP contribution in [0.25, 0.3) is 5.57 Å². The van der Waals surface area contributed by atoms with Crippen molar-refractivity contribution in [2.45, 2.75) is 39.0 Å². The second-order valence-electron chi connectivity index (χ2n) is 11.4. The molecule has 0 spiro atoms. The van der Waals surface area contributed by atoms with Crippen LogP contribution < -0.4 is 18.9 Å². The summed E-state index contributed by atoms with van der Waals surface area (Å²) in [6.45, 7) is 9.11. The zero-order chi connectivity index (χ0) is 30.0. The van der Waals surface area contributed by atoms with Gasteiger partial charge in [-0.1, -0.05) is 61.9 Å². The van der Waals surface area contributed by atoms with E-state index in [9.17, 15) is 0 Å². The maximum Gasteiger partial charge on any atom is 0.119 e. The third kappa shape index (κ3) is 5.18. The summed E-state index contributed by atoms with van der Waals surface area (Å²) in [5, 5.41) is 0. The Morgan fingerprint density at radius 2 is 1.07 bits per heavy atom.